The molecule has 5 heteroatoms. The van der Waals surface area contributed by atoms with E-state index in [1.54, 1.807) is 4.90 Å². The maximum Gasteiger partial charge on any atom is 0.329 e. The van der Waals surface area contributed by atoms with Crippen molar-refractivity contribution in [3.05, 3.63) is 0 Å². The van der Waals surface area contributed by atoms with E-state index in [1.807, 2.05) is 20.8 Å². The topological polar surface area (TPSA) is 81.0 Å². The number of hydrogen-bond donors (Lipinski definition) is 3. The van der Waals surface area contributed by atoms with Crippen LogP contribution in [0.3, 0.4) is 0 Å². The number of aliphatic carboxylic acids is 1. The van der Waals surface area contributed by atoms with Gasteiger partial charge in [-0.15, -0.1) is 0 Å². The molecule has 1 aliphatic heterocycles. The first-order valence-corrected chi connectivity index (χ1v) is 5.07. The van der Waals surface area contributed by atoms with Crippen LogP contribution in [0.15, 0.2) is 0 Å². The Morgan fingerprint density at radius 1 is 1.53 bits per heavy atom. The summed E-state index contributed by atoms with van der Waals surface area (Å²) in [5.74, 6) is -1.16. The number of aliphatic hydroxyl groups is 2. The number of carbonyl (C=O) groups is 1. The van der Waals surface area contributed by atoms with Gasteiger partial charge in [-0.25, -0.2) is 0 Å². The minimum atomic E-state index is -1.54. The average molecular weight is 217 g/mol. The first-order valence-electron chi connectivity index (χ1n) is 5.07. The van der Waals surface area contributed by atoms with E-state index >= 15 is 0 Å². The molecule has 88 valence electrons. The zero-order chi connectivity index (χ0) is 11.9. The normalized spacial score (nSPS) is 33.3. The minimum Gasteiger partial charge on any atom is -0.480 e. The second-order valence-electron chi connectivity index (χ2n) is 5.01. The Kier molecular flexibility index (Phi) is 3.09. The number of rotatable bonds is 2. The Morgan fingerprint density at radius 3 is 2.33 bits per heavy atom. The molecule has 0 aromatic heterocycles. The first-order chi connectivity index (χ1) is 6.76. The summed E-state index contributed by atoms with van der Waals surface area (Å²) in [6, 6.07) is 0. The molecule has 2 atom stereocenters. The van der Waals surface area contributed by atoms with Crippen LogP contribution in [0.2, 0.25) is 0 Å². The second kappa shape index (κ2) is 3.73. The van der Waals surface area contributed by atoms with Gasteiger partial charge >= 0.3 is 5.97 Å². The highest BCUT2D eigenvalue weighted by Gasteiger charge is 2.57. The predicted octanol–water partition coefficient (Wildman–Crippen LogP) is -0.333. The van der Waals surface area contributed by atoms with E-state index in [4.69, 9.17) is 0 Å². The molecule has 0 saturated carbocycles. The fourth-order valence-electron chi connectivity index (χ4n) is 2.32. The zero-order valence-electron chi connectivity index (χ0n) is 9.40. The van der Waals surface area contributed by atoms with Gasteiger partial charge in [0.15, 0.2) is 5.54 Å². The van der Waals surface area contributed by atoms with Gasteiger partial charge in [0.1, 0.15) is 0 Å². The largest absolute Gasteiger partial charge is 0.480 e. The van der Waals surface area contributed by atoms with Gasteiger partial charge in [0.2, 0.25) is 0 Å². The van der Waals surface area contributed by atoms with Crippen molar-refractivity contribution in [1.82, 2.24) is 4.90 Å². The molecular weight excluding hydrogens is 198 g/mol. The van der Waals surface area contributed by atoms with Gasteiger partial charge in [-0.1, -0.05) is 0 Å². The fourth-order valence-corrected chi connectivity index (χ4v) is 2.32. The highest BCUT2D eigenvalue weighted by atomic mass is 16.4. The smallest absolute Gasteiger partial charge is 0.329 e. The van der Waals surface area contributed by atoms with Gasteiger partial charge in [0.25, 0.3) is 0 Å². The third-order valence-corrected chi connectivity index (χ3v) is 3.08. The molecule has 1 fully saturated rings. The zero-order valence-corrected chi connectivity index (χ0v) is 9.40. The molecule has 0 spiro atoms. The number of carboxylic acids is 1. The van der Waals surface area contributed by atoms with E-state index in [9.17, 15) is 20.1 Å². The Hall–Kier alpha value is -0.650. The summed E-state index contributed by atoms with van der Waals surface area (Å²) >= 11 is 0. The SMILES string of the molecule is CC(C)(C)N1CC[C@H](O)[C@]1(CO)C(=O)O. The van der Waals surface area contributed by atoms with Crippen molar-refractivity contribution < 1.29 is 20.1 Å². The molecule has 1 aliphatic rings. The summed E-state index contributed by atoms with van der Waals surface area (Å²) in [7, 11) is 0. The second-order valence-corrected chi connectivity index (χ2v) is 5.01. The van der Waals surface area contributed by atoms with Crippen molar-refractivity contribution >= 4 is 5.97 Å². The van der Waals surface area contributed by atoms with E-state index in [1.165, 1.54) is 0 Å². The van der Waals surface area contributed by atoms with Gasteiger partial charge in [-0.05, 0) is 27.2 Å². The summed E-state index contributed by atoms with van der Waals surface area (Å²) in [6.07, 6.45) is -0.636. The van der Waals surface area contributed by atoms with Crippen LogP contribution in [0.1, 0.15) is 27.2 Å². The molecule has 0 amide bonds. The Bertz CT molecular complexity index is 261. The summed E-state index contributed by atoms with van der Waals surface area (Å²) < 4.78 is 0. The molecule has 1 saturated heterocycles. The van der Waals surface area contributed by atoms with Crippen molar-refractivity contribution in [2.24, 2.45) is 0 Å². The quantitative estimate of drug-likeness (QED) is 0.590. The summed E-state index contributed by atoms with van der Waals surface area (Å²) in [6.45, 7) is 5.54. The number of nitrogens with zero attached hydrogens (tertiary/aromatic N) is 1. The Balaban J connectivity index is 3.14. The maximum atomic E-state index is 11.3. The highest BCUT2D eigenvalue weighted by Crippen LogP contribution is 2.35. The lowest BCUT2D eigenvalue weighted by atomic mass is 9.90. The third kappa shape index (κ3) is 1.75. The van der Waals surface area contributed by atoms with Crippen LogP contribution in [-0.2, 0) is 4.79 Å². The average Bonchev–Trinajstić information content (AvgIpc) is 2.42. The lowest BCUT2D eigenvalue weighted by Crippen LogP contribution is -2.64. The molecule has 0 radical (unpaired) electrons. The standard InChI is InChI=1S/C10H19NO4/c1-9(2,3)11-5-4-7(13)10(11,6-12)8(14)15/h7,12-13H,4-6H2,1-3H3,(H,14,15)/t7-,10+/m0/s1. The number of hydrogen-bond acceptors (Lipinski definition) is 4. The van der Waals surface area contributed by atoms with Crippen molar-refractivity contribution in [2.75, 3.05) is 13.2 Å². The summed E-state index contributed by atoms with van der Waals surface area (Å²) in [5.41, 5.74) is -1.93. The van der Waals surface area contributed by atoms with Crippen LogP contribution in [0.5, 0.6) is 0 Å². The van der Waals surface area contributed by atoms with Gasteiger partial charge in [0, 0.05) is 12.1 Å². The van der Waals surface area contributed by atoms with E-state index in [0.717, 1.165) is 0 Å². The van der Waals surface area contributed by atoms with Crippen LogP contribution in [0.4, 0.5) is 0 Å². The van der Waals surface area contributed by atoms with E-state index < -0.39 is 29.8 Å². The molecule has 0 aliphatic carbocycles. The van der Waals surface area contributed by atoms with Gasteiger partial charge in [-0.2, -0.15) is 0 Å². The predicted molar refractivity (Wildman–Crippen MR) is 54.5 cm³/mol. The summed E-state index contributed by atoms with van der Waals surface area (Å²) in [4.78, 5) is 12.9. The van der Waals surface area contributed by atoms with E-state index in [-0.39, 0.29) is 0 Å². The molecular formula is C10H19NO4. The van der Waals surface area contributed by atoms with Gasteiger partial charge in [-0.3, -0.25) is 9.69 Å². The summed E-state index contributed by atoms with van der Waals surface area (Å²) in [5, 5.41) is 28.3. The van der Waals surface area contributed by atoms with E-state index in [2.05, 4.69) is 0 Å². The number of aliphatic hydroxyl groups excluding tert-OH is 2. The monoisotopic (exact) mass is 217 g/mol. The van der Waals surface area contributed by atoms with Crippen LogP contribution < -0.4 is 0 Å². The minimum absolute atomic E-state index is 0.379. The lowest BCUT2D eigenvalue weighted by Gasteiger charge is -2.43. The molecule has 0 bridgehead atoms. The van der Waals surface area contributed by atoms with Crippen molar-refractivity contribution in [1.29, 1.82) is 0 Å². The maximum absolute atomic E-state index is 11.3. The molecule has 3 N–H and O–H groups in total. The van der Waals surface area contributed by atoms with Crippen molar-refractivity contribution in [2.45, 2.75) is 44.4 Å². The third-order valence-electron chi connectivity index (χ3n) is 3.08. The fraction of sp³-hybridized carbons (Fsp3) is 0.900. The molecule has 15 heavy (non-hydrogen) atoms. The molecule has 1 heterocycles. The van der Waals surface area contributed by atoms with Crippen LogP contribution in [0.25, 0.3) is 0 Å². The molecule has 1 rings (SSSR count). The van der Waals surface area contributed by atoms with Crippen LogP contribution >= 0.6 is 0 Å². The number of carboxylic acid groups (broad SMARTS) is 1. The molecule has 0 aromatic rings. The van der Waals surface area contributed by atoms with E-state index in [0.29, 0.717) is 13.0 Å². The van der Waals surface area contributed by atoms with Crippen LogP contribution in [-0.4, -0.2) is 56.5 Å². The van der Waals surface area contributed by atoms with Crippen molar-refractivity contribution in [3.63, 3.8) is 0 Å². The van der Waals surface area contributed by atoms with Crippen molar-refractivity contribution in [3.8, 4) is 0 Å². The van der Waals surface area contributed by atoms with Gasteiger partial charge in [0.05, 0.1) is 12.7 Å². The van der Waals surface area contributed by atoms with Gasteiger partial charge < -0.3 is 15.3 Å². The first kappa shape index (κ1) is 12.4. The molecule has 0 aromatic carbocycles. The number of likely N-dealkylation sites (tertiary alicyclic amines) is 1. The molecule has 5 nitrogen and oxygen atoms in total. The Morgan fingerprint density at radius 2 is 2.07 bits per heavy atom. The van der Waals surface area contributed by atoms with Crippen LogP contribution in [0, 0.1) is 0 Å². The molecule has 0 unspecified atom stereocenters. The Labute approximate surface area is 89.3 Å². The highest BCUT2D eigenvalue weighted by molar-refractivity contribution is 5.80. The lowest BCUT2D eigenvalue weighted by molar-refractivity contribution is -0.163.